The molecule has 10 heavy (non-hydrogen) atoms. The molecule has 1 aliphatic rings. The molecule has 1 heteroatoms. The Morgan fingerprint density at radius 2 is 2.30 bits per heavy atom. The number of halogens is 1. The summed E-state index contributed by atoms with van der Waals surface area (Å²) < 4.78 is 13.6. The largest absolute Gasteiger partial charge is 0.244 e. The molecule has 0 aliphatic heterocycles. The van der Waals surface area contributed by atoms with Gasteiger partial charge in [-0.05, 0) is 25.2 Å². The van der Waals surface area contributed by atoms with Crippen LogP contribution in [0.2, 0.25) is 0 Å². The van der Waals surface area contributed by atoms with Crippen molar-refractivity contribution >= 4 is 0 Å². The van der Waals surface area contributed by atoms with Gasteiger partial charge in [0.1, 0.15) is 5.67 Å². The van der Waals surface area contributed by atoms with Gasteiger partial charge in [0, 0.05) is 0 Å². The van der Waals surface area contributed by atoms with Crippen LogP contribution in [-0.2, 0) is 0 Å². The molecule has 1 saturated carbocycles. The second kappa shape index (κ2) is 2.89. The van der Waals surface area contributed by atoms with Crippen LogP contribution in [0.3, 0.4) is 0 Å². The van der Waals surface area contributed by atoms with E-state index in [2.05, 4.69) is 6.92 Å². The third-order valence-corrected chi connectivity index (χ3v) is 2.67. The molecule has 0 aromatic heterocycles. The molecule has 0 heterocycles. The maximum absolute atomic E-state index is 13.6. The first-order chi connectivity index (χ1) is 4.66. The molecule has 1 aliphatic carbocycles. The van der Waals surface area contributed by atoms with E-state index < -0.39 is 5.67 Å². The fourth-order valence-electron chi connectivity index (χ4n) is 1.92. The molecule has 0 aromatic rings. The summed E-state index contributed by atoms with van der Waals surface area (Å²) in [4.78, 5) is 0. The third kappa shape index (κ3) is 1.71. The van der Waals surface area contributed by atoms with Crippen LogP contribution in [0.4, 0.5) is 4.39 Å². The SMILES string of the molecule is CC[C@@]1(F)CCC[C@H](C)C1. The highest BCUT2D eigenvalue weighted by atomic mass is 19.1. The van der Waals surface area contributed by atoms with Crippen molar-refractivity contribution in [3.63, 3.8) is 0 Å². The first-order valence-corrected chi connectivity index (χ1v) is 4.35. The van der Waals surface area contributed by atoms with Gasteiger partial charge in [-0.25, -0.2) is 4.39 Å². The fraction of sp³-hybridized carbons (Fsp3) is 1.00. The van der Waals surface area contributed by atoms with Crippen molar-refractivity contribution < 1.29 is 4.39 Å². The van der Waals surface area contributed by atoms with Gasteiger partial charge in [-0.1, -0.05) is 26.7 Å². The van der Waals surface area contributed by atoms with Crippen molar-refractivity contribution in [3.05, 3.63) is 0 Å². The predicted octanol–water partition coefficient (Wildman–Crippen LogP) is 3.31. The molecule has 0 amide bonds. The van der Waals surface area contributed by atoms with E-state index in [0.29, 0.717) is 12.3 Å². The minimum absolute atomic E-state index is 0.610. The van der Waals surface area contributed by atoms with Gasteiger partial charge in [0.25, 0.3) is 0 Å². The van der Waals surface area contributed by atoms with Crippen molar-refractivity contribution in [1.82, 2.24) is 0 Å². The first kappa shape index (κ1) is 8.03. The quantitative estimate of drug-likeness (QED) is 0.529. The number of alkyl halides is 1. The lowest BCUT2D eigenvalue weighted by molar-refractivity contribution is 0.0762. The molecule has 0 saturated heterocycles. The summed E-state index contributed by atoms with van der Waals surface area (Å²) in [6, 6.07) is 0. The van der Waals surface area contributed by atoms with Crippen LogP contribution in [0.5, 0.6) is 0 Å². The van der Waals surface area contributed by atoms with E-state index in [4.69, 9.17) is 0 Å². The Kier molecular flexibility index (Phi) is 2.32. The standard InChI is InChI=1S/C9H17F/c1-3-9(10)6-4-5-8(2)7-9/h8H,3-7H2,1-2H3/t8-,9+/m0/s1. The molecule has 0 bridgehead atoms. The molecular formula is C9H17F. The van der Waals surface area contributed by atoms with E-state index in [1.165, 1.54) is 6.42 Å². The molecule has 2 atom stereocenters. The number of hydrogen-bond acceptors (Lipinski definition) is 0. The number of hydrogen-bond donors (Lipinski definition) is 0. The van der Waals surface area contributed by atoms with Gasteiger partial charge in [0.15, 0.2) is 0 Å². The van der Waals surface area contributed by atoms with Crippen molar-refractivity contribution in [2.45, 2.75) is 51.6 Å². The van der Waals surface area contributed by atoms with E-state index in [0.717, 1.165) is 19.3 Å². The predicted molar refractivity (Wildman–Crippen MR) is 41.8 cm³/mol. The zero-order valence-electron chi connectivity index (χ0n) is 6.99. The second-order valence-corrected chi connectivity index (χ2v) is 3.71. The molecule has 0 N–H and O–H groups in total. The fourth-order valence-corrected chi connectivity index (χ4v) is 1.92. The van der Waals surface area contributed by atoms with Crippen molar-refractivity contribution in [3.8, 4) is 0 Å². The van der Waals surface area contributed by atoms with Crippen molar-refractivity contribution in [1.29, 1.82) is 0 Å². The van der Waals surface area contributed by atoms with Crippen LogP contribution in [0.1, 0.15) is 46.0 Å². The lowest BCUT2D eigenvalue weighted by atomic mass is 9.79. The Hall–Kier alpha value is -0.0700. The highest BCUT2D eigenvalue weighted by Crippen LogP contribution is 2.37. The van der Waals surface area contributed by atoms with E-state index >= 15 is 0 Å². The van der Waals surface area contributed by atoms with Crippen LogP contribution in [0, 0.1) is 5.92 Å². The molecule has 1 rings (SSSR count). The summed E-state index contributed by atoms with van der Waals surface area (Å²) in [6.07, 6.45) is 4.62. The molecule has 0 radical (unpaired) electrons. The maximum atomic E-state index is 13.6. The van der Waals surface area contributed by atoms with Crippen LogP contribution in [0.15, 0.2) is 0 Å². The highest BCUT2D eigenvalue weighted by molar-refractivity contribution is 4.83. The molecule has 0 spiro atoms. The summed E-state index contributed by atoms with van der Waals surface area (Å²) in [7, 11) is 0. The van der Waals surface area contributed by atoms with E-state index in [-0.39, 0.29) is 0 Å². The Morgan fingerprint density at radius 3 is 2.70 bits per heavy atom. The Balaban J connectivity index is 2.45. The van der Waals surface area contributed by atoms with E-state index in [1.807, 2.05) is 6.92 Å². The third-order valence-electron chi connectivity index (χ3n) is 2.67. The Bertz CT molecular complexity index is 111. The summed E-state index contributed by atoms with van der Waals surface area (Å²) in [5.74, 6) is 0.610. The van der Waals surface area contributed by atoms with E-state index in [1.54, 1.807) is 0 Å². The first-order valence-electron chi connectivity index (χ1n) is 4.35. The van der Waals surface area contributed by atoms with Crippen LogP contribution in [-0.4, -0.2) is 5.67 Å². The molecular weight excluding hydrogens is 127 g/mol. The minimum Gasteiger partial charge on any atom is -0.244 e. The topological polar surface area (TPSA) is 0 Å². The average Bonchev–Trinajstić information content (AvgIpc) is 1.88. The Morgan fingerprint density at radius 1 is 1.60 bits per heavy atom. The maximum Gasteiger partial charge on any atom is 0.111 e. The summed E-state index contributed by atoms with van der Waals surface area (Å²) in [6.45, 7) is 4.11. The van der Waals surface area contributed by atoms with E-state index in [9.17, 15) is 4.39 Å². The molecule has 0 unspecified atom stereocenters. The Labute approximate surface area is 62.8 Å². The summed E-state index contributed by atoms with van der Waals surface area (Å²) >= 11 is 0. The molecule has 0 nitrogen and oxygen atoms in total. The zero-order valence-corrected chi connectivity index (χ0v) is 6.99. The van der Waals surface area contributed by atoms with Gasteiger partial charge in [-0.2, -0.15) is 0 Å². The van der Waals surface area contributed by atoms with Crippen molar-refractivity contribution in [2.24, 2.45) is 5.92 Å². The van der Waals surface area contributed by atoms with Gasteiger partial charge >= 0.3 is 0 Å². The monoisotopic (exact) mass is 144 g/mol. The van der Waals surface area contributed by atoms with Crippen molar-refractivity contribution in [2.75, 3.05) is 0 Å². The lowest BCUT2D eigenvalue weighted by Crippen LogP contribution is -2.28. The van der Waals surface area contributed by atoms with Crippen LogP contribution < -0.4 is 0 Å². The van der Waals surface area contributed by atoms with Gasteiger partial charge in [-0.3, -0.25) is 0 Å². The normalized spacial score (nSPS) is 41.7. The summed E-state index contributed by atoms with van der Waals surface area (Å²) in [5, 5.41) is 0. The van der Waals surface area contributed by atoms with Crippen LogP contribution in [0.25, 0.3) is 0 Å². The second-order valence-electron chi connectivity index (χ2n) is 3.71. The molecule has 1 fully saturated rings. The molecule has 60 valence electrons. The zero-order chi connectivity index (χ0) is 7.61. The lowest BCUT2D eigenvalue weighted by Gasteiger charge is -2.32. The van der Waals surface area contributed by atoms with Gasteiger partial charge in [0.05, 0.1) is 0 Å². The summed E-state index contributed by atoms with van der Waals surface area (Å²) in [5.41, 5.74) is -0.808. The van der Waals surface area contributed by atoms with Gasteiger partial charge in [-0.15, -0.1) is 0 Å². The number of rotatable bonds is 1. The minimum atomic E-state index is -0.808. The van der Waals surface area contributed by atoms with Crippen LogP contribution >= 0.6 is 0 Å². The van der Waals surface area contributed by atoms with Gasteiger partial charge in [0.2, 0.25) is 0 Å². The van der Waals surface area contributed by atoms with Gasteiger partial charge < -0.3 is 0 Å². The smallest absolute Gasteiger partial charge is 0.111 e. The average molecular weight is 144 g/mol. The molecule has 0 aromatic carbocycles. The highest BCUT2D eigenvalue weighted by Gasteiger charge is 2.32.